The lowest BCUT2D eigenvalue weighted by atomic mass is 10.1. The first-order chi connectivity index (χ1) is 14.7. The maximum atomic E-state index is 13.1. The van der Waals surface area contributed by atoms with Crippen molar-refractivity contribution in [1.29, 1.82) is 0 Å². The van der Waals surface area contributed by atoms with Crippen LogP contribution >= 0.6 is 0 Å². The van der Waals surface area contributed by atoms with Crippen LogP contribution in [0.1, 0.15) is 16.8 Å². The molecule has 2 aromatic carbocycles. The largest absolute Gasteiger partial charge is 0.495 e. The number of nitrogens with zero attached hydrogens (tertiary/aromatic N) is 1. The van der Waals surface area contributed by atoms with Gasteiger partial charge in [-0.05, 0) is 36.8 Å². The molecule has 0 aromatic heterocycles. The molecular weight excluding hydrogens is 440 g/mol. The van der Waals surface area contributed by atoms with E-state index in [0.29, 0.717) is 12.2 Å². The van der Waals surface area contributed by atoms with E-state index in [9.17, 15) is 21.6 Å². The maximum absolute atomic E-state index is 13.1. The second kappa shape index (κ2) is 9.11. The molecule has 166 valence electrons. The van der Waals surface area contributed by atoms with Crippen molar-refractivity contribution in [3.63, 3.8) is 0 Å². The molecule has 0 radical (unpaired) electrons. The molecule has 1 fully saturated rings. The molecule has 31 heavy (non-hydrogen) atoms. The third-order valence-corrected chi connectivity index (χ3v) is 8.09. The van der Waals surface area contributed by atoms with E-state index >= 15 is 0 Å². The Morgan fingerprint density at radius 3 is 2.65 bits per heavy atom. The number of para-hydroxylation sites is 2. The number of sulfonamides is 1. The Hall–Kier alpha value is -2.85. The van der Waals surface area contributed by atoms with E-state index in [4.69, 9.17) is 4.74 Å². The summed E-state index contributed by atoms with van der Waals surface area (Å²) >= 11 is 0. The van der Waals surface area contributed by atoms with Crippen LogP contribution < -0.4 is 9.46 Å². The SMILES string of the molecule is C=CCN(C(=O)c1cccc(S(=O)(=O)Nc2ccccc2OC)c1)C1CCS(=O)(=O)C1. The van der Waals surface area contributed by atoms with Crippen LogP contribution in [0.4, 0.5) is 5.69 Å². The summed E-state index contributed by atoms with van der Waals surface area (Å²) in [6, 6.07) is 11.7. The molecule has 1 aliphatic heterocycles. The van der Waals surface area contributed by atoms with Gasteiger partial charge >= 0.3 is 0 Å². The Kier molecular flexibility index (Phi) is 6.71. The molecule has 0 saturated carbocycles. The van der Waals surface area contributed by atoms with E-state index in [1.165, 1.54) is 42.4 Å². The van der Waals surface area contributed by atoms with Gasteiger partial charge in [0.15, 0.2) is 9.84 Å². The zero-order chi connectivity index (χ0) is 22.6. The smallest absolute Gasteiger partial charge is 0.262 e. The summed E-state index contributed by atoms with van der Waals surface area (Å²) in [7, 11) is -5.75. The normalized spacial score (nSPS) is 17.6. The highest BCUT2D eigenvalue weighted by molar-refractivity contribution is 7.92. The van der Waals surface area contributed by atoms with Crippen molar-refractivity contribution in [1.82, 2.24) is 4.90 Å². The minimum Gasteiger partial charge on any atom is -0.495 e. The number of anilines is 1. The van der Waals surface area contributed by atoms with Crippen molar-refractivity contribution in [2.75, 3.05) is 29.9 Å². The Balaban J connectivity index is 1.89. The predicted molar refractivity (Wildman–Crippen MR) is 119 cm³/mol. The van der Waals surface area contributed by atoms with Gasteiger partial charge in [0.25, 0.3) is 15.9 Å². The van der Waals surface area contributed by atoms with Gasteiger partial charge in [-0.25, -0.2) is 16.8 Å². The number of nitrogens with one attached hydrogen (secondary N) is 1. The van der Waals surface area contributed by atoms with Crippen LogP contribution in [0.2, 0.25) is 0 Å². The van der Waals surface area contributed by atoms with Gasteiger partial charge < -0.3 is 9.64 Å². The molecule has 10 heteroatoms. The van der Waals surface area contributed by atoms with Crippen molar-refractivity contribution in [2.24, 2.45) is 0 Å². The lowest BCUT2D eigenvalue weighted by Crippen LogP contribution is -2.41. The molecule has 1 aliphatic rings. The van der Waals surface area contributed by atoms with Gasteiger partial charge in [-0.2, -0.15) is 0 Å². The molecule has 8 nitrogen and oxygen atoms in total. The summed E-state index contributed by atoms with van der Waals surface area (Å²) < 4.78 is 57.1. The number of rotatable bonds is 8. The first-order valence-electron chi connectivity index (χ1n) is 9.55. The van der Waals surface area contributed by atoms with Crippen LogP contribution in [-0.4, -0.2) is 58.8 Å². The average molecular weight is 465 g/mol. The number of carbonyl (C=O) groups excluding carboxylic acids is 1. The maximum Gasteiger partial charge on any atom is 0.262 e. The Bertz CT molecular complexity index is 1190. The Labute approximate surface area is 182 Å². The third-order valence-electron chi connectivity index (χ3n) is 4.98. The third kappa shape index (κ3) is 5.26. The fraction of sp³-hybridized carbons (Fsp3) is 0.286. The number of ether oxygens (including phenoxy) is 1. The highest BCUT2D eigenvalue weighted by Crippen LogP contribution is 2.27. The van der Waals surface area contributed by atoms with Crippen LogP contribution in [0.15, 0.2) is 66.1 Å². The summed E-state index contributed by atoms with van der Waals surface area (Å²) in [6.07, 6.45) is 1.86. The minimum absolute atomic E-state index is 0.0236. The number of hydrogen-bond donors (Lipinski definition) is 1. The van der Waals surface area contributed by atoms with Crippen molar-refractivity contribution in [3.8, 4) is 5.75 Å². The van der Waals surface area contributed by atoms with Gasteiger partial charge in [-0.1, -0.05) is 24.3 Å². The van der Waals surface area contributed by atoms with E-state index in [-0.39, 0.29) is 34.2 Å². The molecule has 1 amide bonds. The zero-order valence-electron chi connectivity index (χ0n) is 17.0. The lowest BCUT2D eigenvalue weighted by molar-refractivity contribution is 0.0720. The van der Waals surface area contributed by atoms with Gasteiger partial charge in [0.05, 0.1) is 29.2 Å². The number of carbonyl (C=O) groups is 1. The van der Waals surface area contributed by atoms with Crippen LogP contribution in [0.5, 0.6) is 5.75 Å². The van der Waals surface area contributed by atoms with Crippen molar-refractivity contribution in [2.45, 2.75) is 17.4 Å². The highest BCUT2D eigenvalue weighted by Gasteiger charge is 2.34. The first kappa shape index (κ1) is 22.8. The van der Waals surface area contributed by atoms with Gasteiger partial charge in [-0.3, -0.25) is 9.52 Å². The molecule has 1 unspecified atom stereocenters. The monoisotopic (exact) mass is 464 g/mol. The molecule has 0 bridgehead atoms. The number of benzene rings is 2. The van der Waals surface area contributed by atoms with Gasteiger partial charge in [0.2, 0.25) is 0 Å². The van der Waals surface area contributed by atoms with Crippen LogP contribution in [0, 0.1) is 0 Å². The van der Waals surface area contributed by atoms with Crippen LogP contribution in [0.25, 0.3) is 0 Å². The summed E-state index contributed by atoms with van der Waals surface area (Å²) in [5.41, 5.74) is 0.417. The number of sulfone groups is 1. The summed E-state index contributed by atoms with van der Waals surface area (Å²) in [5.74, 6) is -0.176. The Morgan fingerprint density at radius 2 is 2.00 bits per heavy atom. The topological polar surface area (TPSA) is 110 Å². The molecular formula is C21H24N2O6S2. The number of amides is 1. The van der Waals surface area contributed by atoms with E-state index in [1.807, 2.05) is 0 Å². The standard InChI is InChI=1S/C21H24N2O6S2/c1-3-12-23(17-11-13-30(25,26)15-17)21(24)16-7-6-8-18(14-16)31(27,28)22-19-9-4-5-10-20(19)29-2/h3-10,14,17,22H,1,11-13,15H2,2H3. The Morgan fingerprint density at radius 1 is 1.26 bits per heavy atom. The zero-order valence-corrected chi connectivity index (χ0v) is 18.7. The average Bonchev–Trinajstić information content (AvgIpc) is 3.11. The van der Waals surface area contributed by atoms with Gasteiger partial charge in [0.1, 0.15) is 5.75 Å². The van der Waals surface area contributed by atoms with Gasteiger partial charge in [-0.15, -0.1) is 6.58 Å². The van der Waals surface area contributed by atoms with E-state index in [1.54, 1.807) is 24.3 Å². The van der Waals surface area contributed by atoms with E-state index in [0.717, 1.165) is 0 Å². The fourth-order valence-corrected chi connectivity index (χ4v) is 6.30. The molecule has 3 rings (SSSR count). The second-order valence-corrected chi connectivity index (χ2v) is 11.0. The van der Waals surface area contributed by atoms with Crippen LogP contribution in [-0.2, 0) is 19.9 Å². The van der Waals surface area contributed by atoms with Gasteiger partial charge in [0, 0.05) is 18.2 Å². The highest BCUT2D eigenvalue weighted by atomic mass is 32.2. The first-order valence-corrected chi connectivity index (χ1v) is 12.9. The molecule has 1 atom stereocenters. The molecule has 0 spiro atoms. The quantitative estimate of drug-likeness (QED) is 0.601. The molecule has 0 aliphatic carbocycles. The fourth-order valence-electron chi connectivity index (χ4n) is 3.45. The van der Waals surface area contributed by atoms with E-state index in [2.05, 4.69) is 11.3 Å². The van der Waals surface area contributed by atoms with Crippen molar-refractivity contribution < 1.29 is 26.4 Å². The summed E-state index contributed by atoms with van der Waals surface area (Å²) in [5, 5.41) is 0. The second-order valence-electron chi connectivity index (χ2n) is 7.14. The van der Waals surface area contributed by atoms with Crippen molar-refractivity contribution >= 4 is 31.5 Å². The summed E-state index contributed by atoms with van der Waals surface area (Å²) in [4.78, 5) is 14.5. The summed E-state index contributed by atoms with van der Waals surface area (Å²) in [6.45, 7) is 3.81. The molecule has 2 aromatic rings. The number of methoxy groups -OCH3 is 1. The minimum atomic E-state index is -3.99. The lowest BCUT2D eigenvalue weighted by Gasteiger charge is -2.27. The molecule has 1 heterocycles. The molecule has 1 saturated heterocycles. The van der Waals surface area contributed by atoms with Crippen molar-refractivity contribution in [3.05, 3.63) is 66.7 Å². The predicted octanol–water partition coefficient (Wildman–Crippen LogP) is 2.31. The molecule has 1 N–H and O–H groups in total. The number of hydrogen-bond acceptors (Lipinski definition) is 6. The van der Waals surface area contributed by atoms with E-state index < -0.39 is 31.8 Å². The van der Waals surface area contributed by atoms with Crippen LogP contribution in [0.3, 0.4) is 0 Å².